The molecule has 0 radical (unpaired) electrons. The van der Waals surface area contributed by atoms with Crippen LogP contribution in [0.2, 0.25) is 0 Å². The van der Waals surface area contributed by atoms with Crippen molar-refractivity contribution in [1.29, 1.82) is 0 Å². The summed E-state index contributed by atoms with van der Waals surface area (Å²) in [4.78, 5) is 25.7. The number of furan rings is 1. The molecule has 2 aliphatic rings. The third-order valence-electron chi connectivity index (χ3n) is 5.07. The maximum absolute atomic E-state index is 12.3. The molecule has 2 heterocycles. The average Bonchev–Trinajstić information content (AvgIpc) is 3.14. The Morgan fingerprint density at radius 1 is 1.40 bits per heavy atom. The molecule has 1 N–H and O–H groups in total. The highest BCUT2D eigenvalue weighted by molar-refractivity contribution is 5.91. The Morgan fingerprint density at radius 2 is 2.08 bits per heavy atom. The Labute approximate surface area is 147 Å². The third kappa shape index (κ3) is 3.95. The number of hydrogen-bond acceptors (Lipinski definition) is 5. The smallest absolute Gasteiger partial charge is 0.338 e. The molecule has 25 heavy (non-hydrogen) atoms. The summed E-state index contributed by atoms with van der Waals surface area (Å²) in [6.45, 7) is 4.77. The minimum absolute atomic E-state index is 0.149. The molecule has 0 unspecified atom stereocenters. The molecule has 2 atom stereocenters. The number of hydrogen-bond donors (Lipinski definition) is 1. The van der Waals surface area contributed by atoms with Crippen LogP contribution in [0.1, 0.15) is 50.5 Å². The van der Waals surface area contributed by atoms with Gasteiger partial charge in [-0.15, -0.1) is 0 Å². The lowest BCUT2D eigenvalue weighted by molar-refractivity contribution is -0.171. The average molecular weight is 347 g/mol. The lowest BCUT2D eigenvalue weighted by Crippen LogP contribution is -2.51. The van der Waals surface area contributed by atoms with E-state index in [1.807, 2.05) is 12.1 Å². The molecular weight excluding hydrogens is 322 g/mol. The van der Waals surface area contributed by atoms with E-state index in [9.17, 15) is 14.7 Å². The van der Waals surface area contributed by atoms with Crippen molar-refractivity contribution in [3.63, 3.8) is 0 Å². The van der Waals surface area contributed by atoms with Gasteiger partial charge in [0.15, 0.2) is 5.60 Å². The van der Waals surface area contributed by atoms with Crippen LogP contribution in [-0.2, 0) is 14.3 Å². The fourth-order valence-corrected chi connectivity index (χ4v) is 3.20. The van der Waals surface area contributed by atoms with Gasteiger partial charge in [0.25, 0.3) is 0 Å². The van der Waals surface area contributed by atoms with Crippen molar-refractivity contribution in [3.05, 3.63) is 29.7 Å². The van der Waals surface area contributed by atoms with E-state index in [2.05, 4.69) is 6.92 Å². The second-order valence-electron chi connectivity index (χ2n) is 6.97. The molecule has 1 amide bonds. The largest absolute Gasteiger partial charge is 0.464 e. The predicted molar refractivity (Wildman–Crippen MR) is 91.7 cm³/mol. The Hall–Kier alpha value is -2.08. The summed E-state index contributed by atoms with van der Waals surface area (Å²) in [5.74, 6) is 2.09. The van der Waals surface area contributed by atoms with Crippen molar-refractivity contribution >= 4 is 18.0 Å². The summed E-state index contributed by atoms with van der Waals surface area (Å²) in [5, 5.41) is 10.3. The molecule has 1 aromatic rings. The highest BCUT2D eigenvalue weighted by atomic mass is 16.5. The predicted octanol–water partition coefficient (Wildman–Crippen LogP) is 2.33. The number of ether oxygens (including phenoxy) is 1. The summed E-state index contributed by atoms with van der Waals surface area (Å²) in [5.41, 5.74) is -1.48. The monoisotopic (exact) mass is 347 g/mol. The standard InChI is InChI=1S/C19H25NO5/c1-3-24-18(22)19(23)8-10-20(11-9-19)17(21)7-5-14-4-6-16(25-14)15-12-13(15)2/h4-7,13,15,23H,3,8-12H2,1-2H3/b7-5-/t13-,15-/m1/s1. The zero-order chi connectivity index (χ0) is 18.0. The molecular formula is C19H25NO5. The van der Waals surface area contributed by atoms with Gasteiger partial charge >= 0.3 is 5.97 Å². The van der Waals surface area contributed by atoms with Crippen LogP contribution in [0.3, 0.4) is 0 Å². The Kier molecular flexibility index (Phi) is 4.99. The van der Waals surface area contributed by atoms with Gasteiger partial charge < -0.3 is 19.2 Å². The van der Waals surface area contributed by atoms with E-state index in [0.717, 1.165) is 12.2 Å². The molecule has 0 spiro atoms. The Balaban J connectivity index is 1.52. The molecule has 6 heteroatoms. The van der Waals surface area contributed by atoms with E-state index in [1.165, 1.54) is 6.08 Å². The Bertz CT molecular complexity index is 669. The van der Waals surface area contributed by atoms with Crippen molar-refractivity contribution in [1.82, 2.24) is 4.90 Å². The summed E-state index contributed by atoms with van der Waals surface area (Å²) in [6.07, 6.45) is 4.69. The first-order valence-corrected chi connectivity index (χ1v) is 8.89. The SMILES string of the molecule is CCOC(=O)C1(O)CCN(C(=O)/C=C\c2ccc([C@@H]3C[C@H]3C)o2)CC1. The first-order valence-electron chi connectivity index (χ1n) is 8.89. The highest BCUT2D eigenvalue weighted by Gasteiger charge is 2.41. The zero-order valence-electron chi connectivity index (χ0n) is 14.7. The first kappa shape index (κ1) is 17.7. The van der Waals surface area contributed by atoms with Gasteiger partial charge in [0.2, 0.25) is 5.91 Å². The number of carbonyl (C=O) groups is 2. The van der Waals surface area contributed by atoms with Gasteiger partial charge in [-0.25, -0.2) is 4.79 Å². The molecule has 2 fully saturated rings. The fraction of sp³-hybridized carbons (Fsp3) is 0.579. The van der Waals surface area contributed by atoms with Gasteiger partial charge in [-0.1, -0.05) is 6.92 Å². The number of likely N-dealkylation sites (tertiary alicyclic amines) is 1. The summed E-state index contributed by atoms with van der Waals surface area (Å²) in [6, 6.07) is 3.85. The topological polar surface area (TPSA) is 80.0 Å². The maximum atomic E-state index is 12.3. The number of rotatable bonds is 5. The van der Waals surface area contributed by atoms with Crippen LogP contribution in [0.5, 0.6) is 0 Å². The molecule has 1 saturated carbocycles. The van der Waals surface area contributed by atoms with Crippen molar-refractivity contribution in [2.45, 2.75) is 44.6 Å². The van der Waals surface area contributed by atoms with Crippen LogP contribution in [0, 0.1) is 5.92 Å². The Morgan fingerprint density at radius 3 is 2.68 bits per heavy atom. The van der Waals surface area contributed by atoms with Crippen LogP contribution in [0.25, 0.3) is 6.08 Å². The van der Waals surface area contributed by atoms with Crippen LogP contribution in [0.15, 0.2) is 22.6 Å². The van der Waals surface area contributed by atoms with Gasteiger partial charge in [0, 0.05) is 37.9 Å². The lowest BCUT2D eigenvalue weighted by atomic mass is 9.91. The van der Waals surface area contributed by atoms with Gasteiger partial charge in [-0.2, -0.15) is 0 Å². The second kappa shape index (κ2) is 7.04. The summed E-state index contributed by atoms with van der Waals surface area (Å²) in [7, 11) is 0. The first-order chi connectivity index (χ1) is 11.9. The minimum atomic E-state index is -1.48. The van der Waals surface area contributed by atoms with Gasteiger partial charge in [-0.05, 0) is 37.5 Å². The summed E-state index contributed by atoms with van der Waals surface area (Å²) < 4.78 is 10.6. The van der Waals surface area contributed by atoms with E-state index in [4.69, 9.17) is 9.15 Å². The van der Waals surface area contributed by atoms with Gasteiger partial charge in [0.05, 0.1) is 6.61 Å². The van der Waals surface area contributed by atoms with Crippen LogP contribution in [0.4, 0.5) is 0 Å². The van der Waals surface area contributed by atoms with Crippen LogP contribution < -0.4 is 0 Å². The normalized spacial score (nSPS) is 25.2. The molecule has 0 aromatic carbocycles. The molecule has 1 saturated heterocycles. The van der Waals surface area contributed by atoms with E-state index < -0.39 is 11.6 Å². The van der Waals surface area contributed by atoms with Crippen LogP contribution in [-0.4, -0.2) is 47.2 Å². The molecule has 6 nitrogen and oxygen atoms in total. The summed E-state index contributed by atoms with van der Waals surface area (Å²) >= 11 is 0. The molecule has 3 rings (SSSR count). The quantitative estimate of drug-likeness (QED) is 0.653. The zero-order valence-corrected chi connectivity index (χ0v) is 14.7. The minimum Gasteiger partial charge on any atom is -0.464 e. The molecule has 1 aliphatic heterocycles. The molecule has 136 valence electrons. The van der Waals surface area contributed by atoms with E-state index in [0.29, 0.717) is 30.7 Å². The van der Waals surface area contributed by atoms with Crippen molar-refractivity contribution in [2.75, 3.05) is 19.7 Å². The van der Waals surface area contributed by atoms with Crippen molar-refractivity contribution < 1.29 is 23.8 Å². The van der Waals surface area contributed by atoms with E-state index >= 15 is 0 Å². The molecule has 1 aliphatic carbocycles. The molecule has 1 aromatic heterocycles. The number of esters is 1. The highest BCUT2D eigenvalue weighted by Crippen LogP contribution is 2.47. The lowest BCUT2D eigenvalue weighted by Gasteiger charge is -2.35. The van der Waals surface area contributed by atoms with Gasteiger partial charge in [0.1, 0.15) is 11.5 Å². The number of amides is 1. The fourth-order valence-electron chi connectivity index (χ4n) is 3.20. The molecule has 0 bridgehead atoms. The second-order valence-corrected chi connectivity index (χ2v) is 6.97. The van der Waals surface area contributed by atoms with E-state index in [1.54, 1.807) is 17.9 Å². The third-order valence-corrected chi connectivity index (χ3v) is 5.07. The van der Waals surface area contributed by atoms with Gasteiger partial charge in [-0.3, -0.25) is 4.79 Å². The van der Waals surface area contributed by atoms with Crippen molar-refractivity contribution in [3.8, 4) is 0 Å². The number of carbonyl (C=O) groups excluding carboxylic acids is 2. The van der Waals surface area contributed by atoms with E-state index in [-0.39, 0.29) is 25.4 Å². The van der Waals surface area contributed by atoms with Crippen LogP contribution >= 0.6 is 0 Å². The number of nitrogens with zero attached hydrogens (tertiary/aromatic N) is 1. The maximum Gasteiger partial charge on any atom is 0.338 e. The number of piperidine rings is 1. The van der Waals surface area contributed by atoms with Crippen molar-refractivity contribution in [2.24, 2.45) is 5.92 Å². The number of aliphatic hydroxyl groups is 1.